The molecule has 0 aliphatic carbocycles. The number of hydrogen-bond acceptors (Lipinski definition) is 3. The molecule has 0 N–H and O–H groups in total. The van der Waals surface area contributed by atoms with E-state index in [1.165, 1.54) is 12.1 Å². The molecule has 3 rings (SSSR count). The number of benzene rings is 1. The molecule has 0 spiro atoms. The Kier molecular flexibility index (Phi) is 4.98. The second-order valence-corrected chi connectivity index (χ2v) is 5.75. The summed E-state index contributed by atoms with van der Waals surface area (Å²) in [7, 11) is 0. The summed E-state index contributed by atoms with van der Waals surface area (Å²) in [6.07, 6.45) is 4.18. The van der Waals surface area contributed by atoms with E-state index in [-0.39, 0.29) is 11.7 Å². The highest BCUT2D eigenvalue weighted by Crippen LogP contribution is 2.09. The van der Waals surface area contributed by atoms with Crippen LogP contribution in [0.4, 0.5) is 4.39 Å². The van der Waals surface area contributed by atoms with E-state index in [0.29, 0.717) is 5.56 Å². The van der Waals surface area contributed by atoms with Crippen LogP contribution in [0.25, 0.3) is 0 Å². The van der Waals surface area contributed by atoms with E-state index in [0.717, 1.165) is 44.7 Å². The van der Waals surface area contributed by atoms with Gasteiger partial charge in [0.25, 0.3) is 5.91 Å². The molecule has 1 fully saturated rings. The number of amides is 1. The van der Waals surface area contributed by atoms with Gasteiger partial charge in [0.15, 0.2) is 0 Å². The molecule has 0 radical (unpaired) electrons. The van der Waals surface area contributed by atoms with Crippen molar-refractivity contribution in [3.05, 3.63) is 65.7 Å². The van der Waals surface area contributed by atoms with Crippen LogP contribution < -0.4 is 0 Å². The number of pyridine rings is 1. The zero-order chi connectivity index (χ0) is 16.1. The molecule has 2 aromatic rings. The van der Waals surface area contributed by atoms with E-state index in [9.17, 15) is 9.18 Å². The van der Waals surface area contributed by atoms with Crippen molar-refractivity contribution in [2.75, 3.05) is 32.7 Å². The maximum Gasteiger partial charge on any atom is 0.255 e. The van der Waals surface area contributed by atoms with Gasteiger partial charge in [-0.1, -0.05) is 12.1 Å². The average molecular weight is 313 g/mol. The van der Waals surface area contributed by atoms with Crippen LogP contribution in [0.2, 0.25) is 0 Å². The molecular formula is C18H20FN3O. The predicted octanol–water partition coefficient (Wildman–Crippen LogP) is 2.22. The summed E-state index contributed by atoms with van der Waals surface area (Å²) in [5, 5.41) is 0. The fourth-order valence-corrected chi connectivity index (χ4v) is 2.78. The lowest BCUT2D eigenvalue weighted by atomic mass is 10.1. The van der Waals surface area contributed by atoms with Gasteiger partial charge in [-0.15, -0.1) is 0 Å². The molecule has 120 valence electrons. The fourth-order valence-electron chi connectivity index (χ4n) is 2.78. The summed E-state index contributed by atoms with van der Waals surface area (Å²) >= 11 is 0. The van der Waals surface area contributed by atoms with Crippen LogP contribution in [0.3, 0.4) is 0 Å². The van der Waals surface area contributed by atoms with Crippen LogP contribution in [0.15, 0.2) is 48.8 Å². The number of hydrogen-bond donors (Lipinski definition) is 0. The van der Waals surface area contributed by atoms with Gasteiger partial charge in [0, 0.05) is 45.1 Å². The van der Waals surface area contributed by atoms with Crippen molar-refractivity contribution in [2.45, 2.75) is 6.42 Å². The Morgan fingerprint density at radius 3 is 2.48 bits per heavy atom. The summed E-state index contributed by atoms with van der Waals surface area (Å²) in [4.78, 5) is 20.6. The average Bonchev–Trinajstić information content (AvgIpc) is 2.62. The number of rotatable bonds is 4. The Morgan fingerprint density at radius 1 is 1.09 bits per heavy atom. The van der Waals surface area contributed by atoms with Crippen LogP contribution >= 0.6 is 0 Å². The fraction of sp³-hybridized carbons (Fsp3) is 0.333. The highest BCUT2D eigenvalue weighted by molar-refractivity contribution is 5.93. The predicted molar refractivity (Wildman–Crippen MR) is 86.7 cm³/mol. The molecule has 0 atom stereocenters. The minimum absolute atomic E-state index is 0.0521. The molecule has 1 aromatic heterocycles. The molecule has 4 nitrogen and oxygen atoms in total. The second-order valence-electron chi connectivity index (χ2n) is 5.75. The summed E-state index contributed by atoms with van der Waals surface area (Å²) in [6, 6.07) is 10.2. The van der Waals surface area contributed by atoms with Gasteiger partial charge in [-0.2, -0.15) is 0 Å². The minimum atomic E-state index is -0.198. The molecule has 1 amide bonds. The van der Waals surface area contributed by atoms with Gasteiger partial charge in [0.2, 0.25) is 0 Å². The van der Waals surface area contributed by atoms with Crippen molar-refractivity contribution in [1.29, 1.82) is 0 Å². The zero-order valence-electron chi connectivity index (χ0n) is 13.0. The lowest BCUT2D eigenvalue weighted by Crippen LogP contribution is -2.49. The van der Waals surface area contributed by atoms with E-state index in [2.05, 4.69) is 9.88 Å². The molecule has 1 aliphatic heterocycles. The van der Waals surface area contributed by atoms with Crippen molar-refractivity contribution >= 4 is 5.91 Å². The normalized spacial score (nSPS) is 15.6. The Balaban J connectivity index is 1.47. The molecular weight excluding hydrogens is 293 g/mol. The summed E-state index contributed by atoms with van der Waals surface area (Å²) < 4.78 is 12.9. The van der Waals surface area contributed by atoms with E-state index < -0.39 is 0 Å². The number of carbonyl (C=O) groups is 1. The molecule has 0 saturated carbocycles. The monoisotopic (exact) mass is 313 g/mol. The van der Waals surface area contributed by atoms with E-state index in [4.69, 9.17) is 0 Å². The molecule has 2 heterocycles. The van der Waals surface area contributed by atoms with Crippen LogP contribution in [-0.2, 0) is 6.42 Å². The van der Waals surface area contributed by atoms with Gasteiger partial charge < -0.3 is 4.90 Å². The second kappa shape index (κ2) is 7.33. The Hall–Kier alpha value is -2.27. The van der Waals surface area contributed by atoms with Gasteiger partial charge in [-0.05, 0) is 36.2 Å². The Morgan fingerprint density at radius 2 is 1.83 bits per heavy atom. The largest absolute Gasteiger partial charge is 0.336 e. The van der Waals surface area contributed by atoms with E-state index >= 15 is 0 Å². The standard InChI is InChI=1S/C18H20FN3O/c19-17-5-3-15(4-6-17)7-9-21-10-12-22(13-11-21)18(23)16-2-1-8-20-14-16/h1-6,8,14H,7,9-13H2. The quantitative estimate of drug-likeness (QED) is 0.868. The first-order valence-electron chi connectivity index (χ1n) is 7.88. The van der Waals surface area contributed by atoms with Crippen molar-refractivity contribution in [2.24, 2.45) is 0 Å². The van der Waals surface area contributed by atoms with Gasteiger partial charge in [0.1, 0.15) is 5.82 Å². The minimum Gasteiger partial charge on any atom is -0.336 e. The lowest BCUT2D eigenvalue weighted by molar-refractivity contribution is 0.0638. The van der Waals surface area contributed by atoms with Crippen LogP contribution in [0.1, 0.15) is 15.9 Å². The highest BCUT2D eigenvalue weighted by atomic mass is 19.1. The highest BCUT2D eigenvalue weighted by Gasteiger charge is 2.21. The number of aromatic nitrogens is 1. The van der Waals surface area contributed by atoms with Gasteiger partial charge in [-0.25, -0.2) is 4.39 Å². The molecule has 0 bridgehead atoms. The third-order valence-electron chi connectivity index (χ3n) is 4.20. The number of piperazine rings is 1. The first-order valence-corrected chi connectivity index (χ1v) is 7.88. The summed E-state index contributed by atoms with van der Waals surface area (Å²) in [5.74, 6) is -0.146. The smallest absolute Gasteiger partial charge is 0.255 e. The van der Waals surface area contributed by atoms with Crippen molar-refractivity contribution in [1.82, 2.24) is 14.8 Å². The maximum atomic E-state index is 12.9. The van der Waals surface area contributed by atoms with Gasteiger partial charge >= 0.3 is 0 Å². The van der Waals surface area contributed by atoms with Crippen LogP contribution in [-0.4, -0.2) is 53.4 Å². The van der Waals surface area contributed by atoms with Crippen molar-refractivity contribution in [3.63, 3.8) is 0 Å². The number of halogens is 1. The third-order valence-corrected chi connectivity index (χ3v) is 4.20. The SMILES string of the molecule is O=C(c1cccnc1)N1CCN(CCc2ccc(F)cc2)CC1. The number of carbonyl (C=O) groups excluding carboxylic acids is 1. The summed E-state index contributed by atoms with van der Waals surface area (Å²) in [6.45, 7) is 4.13. The van der Waals surface area contributed by atoms with Crippen LogP contribution in [0.5, 0.6) is 0 Å². The first kappa shape index (κ1) is 15.6. The molecule has 1 aromatic carbocycles. The third kappa shape index (κ3) is 4.13. The molecule has 23 heavy (non-hydrogen) atoms. The molecule has 1 saturated heterocycles. The van der Waals surface area contributed by atoms with Crippen molar-refractivity contribution < 1.29 is 9.18 Å². The topological polar surface area (TPSA) is 36.4 Å². The maximum absolute atomic E-state index is 12.9. The molecule has 0 unspecified atom stereocenters. The van der Waals surface area contributed by atoms with Crippen LogP contribution in [0, 0.1) is 5.82 Å². The zero-order valence-corrected chi connectivity index (χ0v) is 13.0. The van der Waals surface area contributed by atoms with Gasteiger partial charge in [0.05, 0.1) is 5.56 Å². The van der Waals surface area contributed by atoms with Crippen molar-refractivity contribution in [3.8, 4) is 0 Å². The van der Waals surface area contributed by atoms with E-state index in [1.807, 2.05) is 17.0 Å². The van der Waals surface area contributed by atoms with Gasteiger partial charge in [-0.3, -0.25) is 14.7 Å². The number of nitrogens with zero attached hydrogens (tertiary/aromatic N) is 3. The van der Waals surface area contributed by atoms with E-state index in [1.54, 1.807) is 24.5 Å². The Labute approximate surface area is 135 Å². The molecule has 1 aliphatic rings. The lowest BCUT2D eigenvalue weighted by Gasteiger charge is -2.34. The first-order chi connectivity index (χ1) is 11.2. The molecule has 5 heteroatoms. The summed E-state index contributed by atoms with van der Waals surface area (Å²) in [5.41, 5.74) is 1.78. The Bertz CT molecular complexity index is 637.